The molecule has 0 amide bonds. The predicted octanol–water partition coefficient (Wildman–Crippen LogP) is 2.25. The maximum absolute atomic E-state index is 6.05. The number of aryl methyl sites for hydroxylation is 1. The van der Waals surface area contributed by atoms with Crippen LogP contribution in [0.1, 0.15) is 24.2 Å². The van der Waals surface area contributed by atoms with E-state index in [4.69, 9.17) is 17.3 Å². The normalized spacial score (nSPS) is 12.8. The van der Waals surface area contributed by atoms with Crippen LogP contribution in [0, 0.1) is 6.92 Å². The lowest BCUT2D eigenvalue weighted by molar-refractivity contribution is 0.756. The molecule has 1 unspecified atom stereocenters. The van der Waals surface area contributed by atoms with Gasteiger partial charge in [0.25, 0.3) is 0 Å². The van der Waals surface area contributed by atoms with Gasteiger partial charge in [0.15, 0.2) is 0 Å². The zero-order valence-corrected chi connectivity index (χ0v) is 9.94. The van der Waals surface area contributed by atoms with Crippen molar-refractivity contribution in [3.8, 4) is 5.69 Å². The molecule has 1 aromatic carbocycles. The van der Waals surface area contributed by atoms with Crippen molar-refractivity contribution >= 4 is 11.6 Å². The Morgan fingerprint density at radius 1 is 1.44 bits per heavy atom. The zero-order valence-electron chi connectivity index (χ0n) is 9.18. The first kappa shape index (κ1) is 11.1. The second-order valence-electron chi connectivity index (χ2n) is 3.81. The van der Waals surface area contributed by atoms with E-state index in [1.807, 2.05) is 38.2 Å². The molecule has 4 nitrogen and oxygen atoms in total. The first-order valence-electron chi connectivity index (χ1n) is 5.02. The third-order valence-corrected chi connectivity index (χ3v) is 2.80. The van der Waals surface area contributed by atoms with Gasteiger partial charge in [0.2, 0.25) is 0 Å². The highest BCUT2D eigenvalue weighted by Crippen LogP contribution is 2.19. The number of halogens is 1. The molecule has 84 valence electrons. The lowest BCUT2D eigenvalue weighted by Crippen LogP contribution is -2.04. The Kier molecular flexibility index (Phi) is 2.94. The SMILES string of the molecule is Cc1ccc(-n2cc(C(C)N)nn2)cc1Cl. The molecule has 0 spiro atoms. The van der Waals surface area contributed by atoms with Gasteiger partial charge >= 0.3 is 0 Å². The van der Waals surface area contributed by atoms with Gasteiger partial charge in [-0.2, -0.15) is 0 Å². The van der Waals surface area contributed by atoms with Gasteiger partial charge in [-0.05, 0) is 31.5 Å². The van der Waals surface area contributed by atoms with Crippen LogP contribution < -0.4 is 5.73 Å². The average molecular weight is 237 g/mol. The largest absolute Gasteiger partial charge is 0.323 e. The molecule has 0 fully saturated rings. The molecule has 1 atom stereocenters. The van der Waals surface area contributed by atoms with E-state index in [-0.39, 0.29) is 6.04 Å². The van der Waals surface area contributed by atoms with Crippen molar-refractivity contribution in [2.75, 3.05) is 0 Å². The molecule has 1 aromatic heterocycles. The van der Waals surface area contributed by atoms with Crippen LogP contribution >= 0.6 is 11.6 Å². The van der Waals surface area contributed by atoms with Gasteiger partial charge in [0, 0.05) is 11.1 Å². The molecule has 0 aliphatic rings. The Labute approximate surface area is 99.0 Å². The van der Waals surface area contributed by atoms with Gasteiger partial charge in [-0.3, -0.25) is 0 Å². The third kappa shape index (κ3) is 2.08. The van der Waals surface area contributed by atoms with Crippen LogP contribution in [0.4, 0.5) is 0 Å². The average Bonchev–Trinajstić information content (AvgIpc) is 2.71. The maximum atomic E-state index is 6.05. The van der Waals surface area contributed by atoms with Crippen LogP contribution in [0.25, 0.3) is 5.69 Å². The summed E-state index contributed by atoms with van der Waals surface area (Å²) in [6.07, 6.45) is 1.81. The van der Waals surface area contributed by atoms with Crippen LogP contribution in [-0.2, 0) is 0 Å². The molecular weight excluding hydrogens is 224 g/mol. The van der Waals surface area contributed by atoms with Crippen LogP contribution in [0.5, 0.6) is 0 Å². The highest BCUT2D eigenvalue weighted by Gasteiger charge is 2.07. The monoisotopic (exact) mass is 236 g/mol. The molecule has 0 aliphatic carbocycles. The number of nitrogens with two attached hydrogens (primary N) is 1. The van der Waals surface area contributed by atoms with Crippen molar-refractivity contribution in [1.82, 2.24) is 15.0 Å². The Bertz CT molecular complexity index is 504. The number of aromatic nitrogens is 3. The molecule has 1 heterocycles. The summed E-state index contributed by atoms with van der Waals surface area (Å²) in [6, 6.07) is 5.64. The molecule has 16 heavy (non-hydrogen) atoms. The van der Waals surface area contributed by atoms with Crippen molar-refractivity contribution < 1.29 is 0 Å². The first-order chi connectivity index (χ1) is 7.58. The summed E-state index contributed by atoms with van der Waals surface area (Å²) >= 11 is 6.05. The maximum Gasteiger partial charge on any atom is 0.0995 e. The minimum atomic E-state index is -0.116. The Morgan fingerprint density at radius 3 is 2.75 bits per heavy atom. The zero-order chi connectivity index (χ0) is 11.7. The van der Waals surface area contributed by atoms with Crippen LogP contribution in [0.2, 0.25) is 5.02 Å². The quantitative estimate of drug-likeness (QED) is 0.870. The van der Waals surface area contributed by atoms with Crippen molar-refractivity contribution in [2.45, 2.75) is 19.9 Å². The van der Waals surface area contributed by atoms with Crippen molar-refractivity contribution in [3.63, 3.8) is 0 Å². The summed E-state index contributed by atoms with van der Waals surface area (Å²) in [5.74, 6) is 0. The number of nitrogens with zero attached hydrogens (tertiary/aromatic N) is 3. The third-order valence-electron chi connectivity index (χ3n) is 2.40. The fraction of sp³-hybridized carbons (Fsp3) is 0.273. The Balaban J connectivity index is 2.39. The molecule has 0 radical (unpaired) electrons. The topological polar surface area (TPSA) is 56.7 Å². The number of rotatable bonds is 2. The number of hydrogen-bond acceptors (Lipinski definition) is 3. The summed E-state index contributed by atoms with van der Waals surface area (Å²) in [5.41, 5.74) is 8.40. The van der Waals surface area contributed by atoms with E-state index in [1.165, 1.54) is 0 Å². The van der Waals surface area contributed by atoms with Crippen molar-refractivity contribution in [2.24, 2.45) is 5.73 Å². The van der Waals surface area contributed by atoms with Gasteiger partial charge < -0.3 is 5.73 Å². The van der Waals surface area contributed by atoms with E-state index in [0.717, 1.165) is 22.0 Å². The second-order valence-corrected chi connectivity index (χ2v) is 4.22. The van der Waals surface area contributed by atoms with Gasteiger partial charge in [-0.1, -0.05) is 22.9 Å². The van der Waals surface area contributed by atoms with Crippen LogP contribution in [-0.4, -0.2) is 15.0 Å². The summed E-state index contributed by atoms with van der Waals surface area (Å²) in [6.45, 7) is 3.83. The summed E-state index contributed by atoms with van der Waals surface area (Å²) < 4.78 is 1.67. The van der Waals surface area contributed by atoms with E-state index in [9.17, 15) is 0 Å². The van der Waals surface area contributed by atoms with Crippen LogP contribution in [0.3, 0.4) is 0 Å². The lowest BCUT2D eigenvalue weighted by Gasteiger charge is -2.02. The van der Waals surface area contributed by atoms with E-state index in [2.05, 4.69) is 10.3 Å². The lowest BCUT2D eigenvalue weighted by atomic mass is 10.2. The summed E-state index contributed by atoms with van der Waals surface area (Å²) in [7, 11) is 0. The van der Waals surface area contributed by atoms with E-state index >= 15 is 0 Å². The predicted molar refractivity (Wildman–Crippen MR) is 63.7 cm³/mol. The minimum Gasteiger partial charge on any atom is -0.323 e. The summed E-state index contributed by atoms with van der Waals surface area (Å²) in [4.78, 5) is 0. The highest BCUT2D eigenvalue weighted by molar-refractivity contribution is 6.31. The van der Waals surface area contributed by atoms with Gasteiger partial charge in [-0.25, -0.2) is 4.68 Å². The molecule has 2 rings (SSSR count). The Morgan fingerprint density at radius 2 is 2.19 bits per heavy atom. The molecule has 0 aliphatic heterocycles. The molecule has 0 saturated heterocycles. The van der Waals surface area contributed by atoms with E-state index < -0.39 is 0 Å². The Hall–Kier alpha value is -1.39. The van der Waals surface area contributed by atoms with Crippen molar-refractivity contribution in [3.05, 3.63) is 40.7 Å². The highest BCUT2D eigenvalue weighted by atomic mass is 35.5. The van der Waals surface area contributed by atoms with Gasteiger partial charge in [0.05, 0.1) is 17.6 Å². The first-order valence-corrected chi connectivity index (χ1v) is 5.40. The van der Waals surface area contributed by atoms with E-state index in [0.29, 0.717) is 0 Å². The fourth-order valence-corrected chi connectivity index (χ4v) is 1.51. The summed E-state index contributed by atoms with van der Waals surface area (Å²) in [5, 5.41) is 8.71. The molecule has 2 N–H and O–H groups in total. The smallest absolute Gasteiger partial charge is 0.0995 e. The van der Waals surface area contributed by atoms with Crippen molar-refractivity contribution in [1.29, 1.82) is 0 Å². The molecule has 0 saturated carbocycles. The van der Waals surface area contributed by atoms with E-state index in [1.54, 1.807) is 4.68 Å². The van der Waals surface area contributed by atoms with Gasteiger partial charge in [0.1, 0.15) is 0 Å². The standard InChI is InChI=1S/C11H13ClN4/c1-7-3-4-9(5-10(7)12)16-6-11(8(2)13)14-15-16/h3-6,8H,13H2,1-2H3. The minimum absolute atomic E-state index is 0.116. The second kappa shape index (κ2) is 4.23. The fourth-order valence-electron chi connectivity index (χ4n) is 1.34. The van der Waals surface area contributed by atoms with Gasteiger partial charge in [-0.15, -0.1) is 5.10 Å². The molecule has 0 bridgehead atoms. The molecular formula is C11H13ClN4. The molecule has 2 aromatic rings. The number of hydrogen-bond donors (Lipinski definition) is 1. The van der Waals surface area contributed by atoms with Crippen LogP contribution in [0.15, 0.2) is 24.4 Å². The molecule has 5 heteroatoms. The number of benzene rings is 1.